The molecule has 0 aliphatic carbocycles. The van der Waals surface area contributed by atoms with E-state index in [4.69, 9.17) is 13.6 Å². The first kappa shape index (κ1) is 19.6. The SMILES string of the molecule is C=CC(=O)OCCO[Si](CCC(C)C)(OCC)c1ccccc1. The highest BCUT2D eigenvalue weighted by Gasteiger charge is 2.39. The van der Waals surface area contributed by atoms with E-state index in [1.54, 1.807) is 0 Å². The zero-order chi connectivity index (χ0) is 17.1. The summed E-state index contributed by atoms with van der Waals surface area (Å²) in [7, 11) is -2.53. The molecule has 0 radical (unpaired) electrons. The molecule has 0 aliphatic heterocycles. The number of hydrogen-bond donors (Lipinski definition) is 0. The van der Waals surface area contributed by atoms with Crippen LogP contribution in [0.4, 0.5) is 0 Å². The van der Waals surface area contributed by atoms with Crippen LogP contribution < -0.4 is 5.19 Å². The van der Waals surface area contributed by atoms with Gasteiger partial charge in [-0.3, -0.25) is 0 Å². The average molecular weight is 337 g/mol. The van der Waals surface area contributed by atoms with Crippen LogP contribution in [0.1, 0.15) is 27.2 Å². The monoisotopic (exact) mass is 336 g/mol. The fraction of sp³-hybridized carbons (Fsp3) is 0.500. The van der Waals surface area contributed by atoms with Gasteiger partial charge in [0.25, 0.3) is 0 Å². The molecule has 128 valence electrons. The maximum Gasteiger partial charge on any atom is 0.372 e. The highest BCUT2D eigenvalue weighted by Crippen LogP contribution is 2.20. The number of carbonyl (C=O) groups excluding carboxylic acids is 1. The molecule has 0 heterocycles. The zero-order valence-electron chi connectivity index (χ0n) is 14.4. The second-order valence-electron chi connectivity index (χ2n) is 5.70. The van der Waals surface area contributed by atoms with Crippen LogP contribution in [-0.4, -0.2) is 34.4 Å². The Morgan fingerprint density at radius 2 is 1.91 bits per heavy atom. The number of esters is 1. The van der Waals surface area contributed by atoms with E-state index in [9.17, 15) is 4.79 Å². The Labute approximate surface area is 140 Å². The first-order valence-corrected chi connectivity index (χ1v) is 10.2. The van der Waals surface area contributed by atoms with Crippen LogP contribution in [0.15, 0.2) is 43.0 Å². The van der Waals surface area contributed by atoms with Crippen LogP contribution in [0.2, 0.25) is 6.04 Å². The van der Waals surface area contributed by atoms with Crippen LogP contribution in [0.25, 0.3) is 0 Å². The van der Waals surface area contributed by atoms with Crippen LogP contribution >= 0.6 is 0 Å². The zero-order valence-corrected chi connectivity index (χ0v) is 15.4. The van der Waals surface area contributed by atoms with Gasteiger partial charge in [0.2, 0.25) is 0 Å². The van der Waals surface area contributed by atoms with E-state index in [1.165, 1.54) is 0 Å². The Hall–Kier alpha value is -1.43. The van der Waals surface area contributed by atoms with Gasteiger partial charge in [0.15, 0.2) is 0 Å². The van der Waals surface area contributed by atoms with Crippen molar-refractivity contribution in [2.24, 2.45) is 5.92 Å². The maximum absolute atomic E-state index is 11.1. The Kier molecular flexibility index (Phi) is 8.84. The maximum atomic E-state index is 11.1. The number of benzene rings is 1. The molecule has 0 bridgehead atoms. The summed E-state index contributed by atoms with van der Waals surface area (Å²) in [5.74, 6) is 0.146. The van der Waals surface area contributed by atoms with Gasteiger partial charge < -0.3 is 13.6 Å². The number of hydrogen-bond acceptors (Lipinski definition) is 4. The Morgan fingerprint density at radius 1 is 1.22 bits per heavy atom. The van der Waals surface area contributed by atoms with E-state index in [0.717, 1.165) is 23.7 Å². The van der Waals surface area contributed by atoms with Gasteiger partial charge in [-0.1, -0.05) is 50.8 Å². The van der Waals surface area contributed by atoms with Crippen LogP contribution in [0.3, 0.4) is 0 Å². The summed E-state index contributed by atoms with van der Waals surface area (Å²) in [6, 6.07) is 11.0. The molecular formula is C18H28O4Si. The Morgan fingerprint density at radius 3 is 2.48 bits per heavy atom. The molecule has 23 heavy (non-hydrogen) atoms. The van der Waals surface area contributed by atoms with Crippen molar-refractivity contribution in [1.29, 1.82) is 0 Å². The lowest BCUT2D eigenvalue weighted by Crippen LogP contribution is -2.54. The second-order valence-corrected chi connectivity index (χ2v) is 8.87. The van der Waals surface area contributed by atoms with E-state index in [2.05, 4.69) is 32.6 Å². The van der Waals surface area contributed by atoms with E-state index in [0.29, 0.717) is 19.1 Å². The highest BCUT2D eigenvalue weighted by atomic mass is 28.4. The van der Waals surface area contributed by atoms with Crippen molar-refractivity contribution in [2.45, 2.75) is 33.2 Å². The predicted molar refractivity (Wildman–Crippen MR) is 94.8 cm³/mol. The summed E-state index contributed by atoms with van der Waals surface area (Å²) in [4.78, 5) is 11.1. The average Bonchev–Trinajstić information content (AvgIpc) is 2.57. The molecule has 0 N–H and O–H groups in total. The number of rotatable bonds is 11. The normalized spacial score (nSPS) is 13.6. The lowest BCUT2D eigenvalue weighted by atomic mass is 10.2. The van der Waals surface area contributed by atoms with Crippen LogP contribution in [-0.2, 0) is 18.4 Å². The minimum Gasteiger partial charge on any atom is -0.460 e. The highest BCUT2D eigenvalue weighted by molar-refractivity contribution is 6.81. The summed E-state index contributed by atoms with van der Waals surface area (Å²) < 4.78 is 17.4. The Balaban J connectivity index is 2.84. The molecule has 1 rings (SSSR count). The van der Waals surface area contributed by atoms with E-state index in [1.807, 2.05) is 25.1 Å². The minimum atomic E-state index is -2.53. The van der Waals surface area contributed by atoms with Gasteiger partial charge in [-0.2, -0.15) is 0 Å². The quantitative estimate of drug-likeness (QED) is 0.269. The van der Waals surface area contributed by atoms with Gasteiger partial charge >= 0.3 is 14.5 Å². The molecule has 0 fully saturated rings. The smallest absolute Gasteiger partial charge is 0.372 e. The standard InChI is InChI=1S/C18H28O4Si/c1-5-18(19)20-13-14-22-23(21-6-2,15-12-16(3)4)17-10-8-7-9-11-17/h5,7-11,16H,1,6,12-15H2,2-4H3. The molecule has 5 heteroatoms. The molecule has 1 atom stereocenters. The predicted octanol–water partition coefficient (Wildman–Crippen LogP) is 3.16. The first-order chi connectivity index (χ1) is 11.0. The molecule has 1 unspecified atom stereocenters. The molecule has 1 aromatic rings. The van der Waals surface area contributed by atoms with Crippen molar-refractivity contribution in [2.75, 3.05) is 19.8 Å². The van der Waals surface area contributed by atoms with Gasteiger partial charge in [-0.25, -0.2) is 4.79 Å². The van der Waals surface area contributed by atoms with E-state index >= 15 is 0 Å². The summed E-state index contributed by atoms with van der Waals surface area (Å²) in [5, 5.41) is 1.12. The summed E-state index contributed by atoms with van der Waals surface area (Å²) in [5.41, 5.74) is 0. The molecule has 0 saturated heterocycles. The summed E-state index contributed by atoms with van der Waals surface area (Å²) in [6.45, 7) is 10.9. The first-order valence-electron chi connectivity index (χ1n) is 8.16. The van der Waals surface area contributed by atoms with Crippen LogP contribution in [0.5, 0.6) is 0 Å². The third-order valence-electron chi connectivity index (χ3n) is 3.47. The number of carbonyl (C=O) groups is 1. The summed E-state index contributed by atoms with van der Waals surface area (Å²) in [6.07, 6.45) is 2.19. The Bertz CT molecular complexity index is 475. The third-order valence-corrected chi connectivity index (χ3v) is 7.06. The molecule has 0 saturated carbocycles. The minimum absolute atomic E-state index is 0.210. The molecule has 0 amide bonds. The third kappa shape index (κ3) is 6.68. The fourth-order valence-electron chi connectivity index (χ4n) is 2.31. The van der Waals surface area contributed by atoms with Gasteiger partial charge in [0.05, 0.1) is 6.61 Å². The van der Waals surface area contributed by atoms with Crippen molar-refractivity contribution >= 4 is 19.7 Å². The lowest BCUT2D eigenvalue weighted by Gasteiger charge is -2.31. The molecular weight excluding hydrogens is 308 g/mol. The summed E-state index contributed by atoms with van der Waals surface area (Å²) >= 11 is 0. The van der Waals surface area contributed by atoms with E-state index in [-0.39, 0.29) is 6.61 Å². The molecule has 0 aromatic heterocycles. The largest absolute Gasteiger partial charge is 0.460 e. The molecule has 1 aromatic carbocycles. The van der Waals surface area contributed by atoms with Crippen molar-refractivity contribution in [1.82, 2.24) is 0 Å². The van der Waals surface area contributed by atoms with Crippen molar-refractivity contribution < 1.29 is 18.4 Å². The van der Waals surface area contributed by atoms with Gasteiger partial charge in [0.1, 0.15) is 6.61 Å². The van der Waals surface area contributed by atoms with Crippen molar-refractivity contribution in [3.05, 3.63) is 43.0 Å². The molecule has 0 spiro atoms. The second kappa shape index (κ2) is 10.4. The molecule has 4 nitrogen and oxygen atoms in total. The number of ether oxygens (including phenoxy) is 1. The van der Waals surface area contributed by atoms with Crippen molar-refractivity contribution in [3.63, 3.8) is 0 Å². The van der Waals surface area contributed by atoms with Gasteiger partial charge in [-0.15, -0.1) is 0 Å². The van der Waals surface area contributed by atoms with Gasteiger partial charge in [-0.05, 0) is 30.5 Å². The fourth-order valence-corrected chi connectivity index (χ4v) is 5.84. The van der Waals surface area contributed by atoms with Crippen LogP contribution in [0, 0.1) is 5.92 Å². The van der Waals surface area contributed by atoms with Gasteiger partial charge in [0, 0.05) is 12.7 Å². The topological polar surface area (TPSA) is 44.8 Å². The van der Waals surface area contributed by atoms with E-state index < -0.39 is 14.5 Å². The molecule has 0 aliphatic rings. The lowest BCUT2D eigenvalue weighted by molar-refractivity contribution is -0.138. The van der Waals surface area contributed by atoms with Crippen molar-refractivity contribution in [3.8, 4) is 0 Å².